The third kappa shape index (κ3) is 6.33. The average molecular weight is 501 g/mol. The summed E-state index contributed by atoms with van der Waals surface area (Å²) in [6, 6.07) is 10.1. The second-order valence-corrected chi connectivity index (χ2v) is 11.8. The zero-order valence-electron chi connectivity index (χ0n) is 22.2. The first-order chi connectivity index (χ1) is 18.2. The molecule has 3 fully saturated rings. The number of aliphatic imine (C=N–C) groups is 1. The highest BCUT2D eigenvalue weighted by molar-refractivity contribution is 5.86. The molecule has 3 aliphatic heterocycles. The van der Waals surface area contributed by atoms with Gasteiger partial charge in [-0.25, -0.2) is 15.3 Å². The average Bonchev–Trinajstić information content (AvgIpc) is 3.71. The van der Waals surface area contributed by atoms with Gasteiger partial charge in [-0.1, -0.05) is 43.5 Å². The Kier molecular flexibility index (Phi) is 7.72. The molecule has 4 heterocycles. The molecule has 0 bridgehead atoms. The van der Waals surface area contributed by atoms with Gasteiger partial charge in [0, 0.05) is 50.5 Å². The Morgan fingerprint density at radius 1 is 0.892 bits per heavy atom. The van der Waals surface area contributed by atoms with Crippen LogP contribution >= 0.6 is 0 Å². The van der Waals surface area contributed by atoms with Crippen LogP contribution in [0.5, 0.6) is 0 Å². The molecule has 7 heteroatoms. The molecule has 1 aromatic heterocycles. The molecular formula is C30H42N7. The highest BCUT2D eigenvalue weighted by atomic mass is 15.2. The summed E-state index contributed by atoms with van der Waals surface area (Å²) < 4.78 is 0. The zero-order chi connectivity index (χ0) is 24.9. The summed E-state index contributed by atoms with van der Waals surface area (Å²) in [7, 11) is 0. The van der Waals surface area contributed by atoms with Crippen molar-refractivity contribution < 1.29 is 0 Å². The highest BCUT2D eigenvalue weighted by Crippen LogP contribution is 2.42. The molecule has 1 saturated carbocycles. The van der Waals surface area contributed by atoms with Gasteiger partial charge in [0.1, 0.15) is 11.7 Å². The summed E-state index contributed by atoms with van der Waals surface area (Å²) >= 11 is 0. The minimum Gasteiger partial charge on any atom is -0.348 e. The molecule has 2 aromatic rings. The fraction of sp³-hybridized carbons (Fsp3) is 0.600. The highest BCUT2D eigenvalue weighted by Gasteiger charge is 2.41. The van der Waals surface area contributed by atoms with Crippen LogP contribution in [-0.4, -0.2) is 69.3 Å². The number of likely N-dealkylation sites (tertiary alicyclic amines) is 2. The molecule has 0 atom stereocenters. The van der Waals surface area contributed by atoms with Crippen molar-refractivity contribution >= 4 is 5.84 Å². The number of nitrogens with one attached hydrogen (secondary N) is 1. The molecule has 0 amide bonds. The normalized spacial score (nSPS) is 22.7. The largest absolute Gasteiger partial charge is 0.348 e. The minimum atomic E-state index is 0.570. The molecular weight excluding hydrogens is 458 g/mol. The lowest BCUT2D eigenvalue weighted by molar-refractivity contribution is 0.0615. The van der Waals surface area contributed by atoms with E-state index in [2.05, 4.69) is 59.2 Å². The molecule has 37 heavy (non-hydrogen) atoms. The molecule has 4 aliphatic rings. The molecule has 1 spiro atoms. The van der Waals surface area contributed by atoms with Crippen LogP contribution in [0.3, 0.4) is 0 Å². The second-order valence-electron chi connectivity index (χ2n) is 11.8. The van der Waals surface area contributed by atoms with Crippen LogP contribution in [0.1, 0.15) is 68.3 Å². The van der Waals surface area contributed by atoms with Crippen molar-refractivity contribution in [3.8, 4) is 0 Å². The standard InChI is InChI=1S/C30H42N7/c1-2-4-27(5-3-1)37-18-11-30(12-19-37)10-17-35(24-30)20-25-6-8-26(9-7-25)21-36(22-28-31-13-14-32-28)23-29-33-15-16-34-29/h6-9,13-16,27H,1-5,10-12,17-24H2,(H,31,32). The Morgan fingerprint density at radius 2 is 1.68 bits per heavy atom. The number of H-pyrrole nitrogens is 1. The monoisotopic (exact) mass is 500 g/mol. The van der Waals surface area contributed by atoms with E-state index in [0.29, 0.717) is 12.0 Å². The maximum atomic E-state index is 4.42. The van der Waals surface area contributed by atoms with Crippen molar-refractivity contribution in [2.45, 2.75) is 77.0 Å². The first-order valence-corrected chi connectivity index (χ1v) is 14.4. The van der Waals surface area contributed by atoms with Crippen LogP contribution in [0, 0.1) is 5.41 Å². The van der Waals surface area contributed by atoms with Gasteiger partial charge in [-0.2, -0.15) is 0 Å². The van der Waals surface area contributed by atoms with Crippen molar-refractivity contribution in [2.75, 3.05) is 32.7 Å². The molecule has 1 aliphatic carbocycles. The Morgan fingerprint density at radius 3 is 2.41 bits per heavy atom. The van der Waals surface area contributed by atoms with Crippen molar-refractivity contribution in [1.82, 2.24) is 30.0 Å². The maximum absolute atomic E-state index is 4.42. The predicted octanol–water partition coefficient (Wildman–Crippen LogP) is 4.52. The molecule has 7 nitrogen and oxygen atoms in total. The number of aromatic amines is 1. The second kappa shape index (κ2) is 11.5. The number of hydrogen-bond acceptors (Lipinski definition) is 5. The smallest absolute Gasteiger partial charge is 0.142 e. The van der Waals surface area contributed by atoms with Crippen LogP contribution in [-0.2, 0) is 19.6 Å². The van der Waals surface area contributed by atoms with Gasteiger partial charge >= 0.3 is 0 Å². The quantitative estimate of drug-likeness (QED) is 0.550. The van der Waals surface area contributed by atoms with Crippen molar-refractivity contribution in [2.24, 2.45) is 10.4 Å². The molecule has 2 saturated heterocycles. The van der Waals surface area contributed by atoms with E-state index in [-0.39, 0.29) is 0 Å². The van der Waals surface area contributed by atoms with Crippen molar-refractivity contribution in [3.05, 3.63) is 66.0 Å². The molecule has 1 radical (unpaired) electrons. The van der Waals surface area contributed by atoms with Gasteiger partial charge in [-0.3, -0.25) is 9.80 Å². The van der Waals surface area contributed by atoms with Gasteiger partial charge in [0.05, 0.1) is 13.1 Å². The first-order valence-electron chi connectivity index (χ1n) is 14.4. The van der Waals surface area contributed by atoms with Gasteiger partial charge in [0.25, 0.3) is 0 Å². The van der Waals surface area contributed by atoms with Crippen LogP contribution in [0.2, 0.25) is 0 Å². The van der Waals surface area contributed by atoms with Gasteiger partial charge in [0.15, 0.2) is 0 Å². The van der Waals surface area contributed by atoms with E-state index in [1.807, 2.05) is 12.4 Å². The maximum Gasteiger partial charge on any atom is 0.142 e. The number of benzene rings is 1. The molecule has 1 N–H and O–H groups in total. The zero-order valence-corrected chi connectivity index (χ0v) is 22.2. The number of piperidine rings is 1. The van der Waals surface area contributed by atoms with Crippen LogP contribution in [0.4, 0.5) is 0 Å². The Bertz CT molecular complexity index is 1040. The first kappa shape index (κ1) is 24.8. The van der Waals surface area contributed by atoms with E-state index >= 15 is 0 Å². The summed E-state index contributed by atoms with van der Waals surface area (Å²) in [5, 5.41) is 4.37. The Balaban J connectivity index is 1.00. The van der Waals surface area contributed by atoms with Gasteiger partial charge in [-0.15, -0.1) is 0 Å². The number of hydrogen-bond donors (Lipinski definition) is 1. The lowest BCUT2D eigenvalue weighted by Gasteiger charge is -2.43. The number of nitrogens with zero attached hydrogens (tertiary/aromatic N) is 6. The van der Waals surface area contributed by atoms with Crippen LogP contribution in [0.15, 0.2) is 54.1 Å². The van der Waals surface area contributed by atoms with Gasteiger partial charge in [-0.05, 0) is 68.3 Å². The molecule has 6 rings (SSSR count). The summed E-state index contributed by atoms with van der Waals surface area (Å²) in [5.41, 5.74) is 3.31. The lowest BCUT2D eigenvalue weighted by Crippen LogP contribution is -2.46. The van der Waals surface area contributed by atoms with E-state index < -0.39 is 0 Å². The number of amidine groups is 1. The van der Waals surface area contributed by atoms with E-state index in [9.17, 15) is 0 Å². The fourth-order valence-corrected chi connectivity index (χ4v) is 6.96. The van der Waals surface area contributed by atoms with E-state index in [1.165, 1.54) is 88.7 Å². The van der Waals surface area contributed by atoms with Crippen molar-refractivity contribution in [1.29, 1.82) is 0 Å². The van der Waals surface area contributed by atoms with Gasteiger partial charge in [0.2, 0.25) is 0 Å². The van der Waals surface area contributed by atoms with Crippen LogP contribution in [0.25, 0.3) is 0 Å². The van der Waals surface area contributed by atoms with Crippen molar-refractivity contribution in [3.63, 3.8) is 0 Å². The summed E-state index contributed by atoms with van der Waals surface area (Å²) in [6.45, 7) is 8.58. The number of aromatic nitrogens is 2. The van der Waals surface area contributed by atoms with E-state index in [0.717, 1.165) is 37.3 Å². The van der Waals surface area contributed by atoms with E-state index in [1.54, 1.807) is 12.4 Å². The van der Waals surface area contributed by atoms with Gasteiger partial charge < -0.3 is 9.88 Å². The Hall–Kier alpha value is -2.48. The molecule has 1 aromatic carbocycles. The van der Waals surface area contributed by atoms with E-state index in [4.69, 9.17) is 0 Å². The number of rotatable bonds is 9. The Labute approximate surface area is 222 Å². The minimum absolute atomic E-state index is 0.570. The number of imidazole rings is 1. The summed E-state index contributed by atoms with van der Waals surface area (Å²) in [6.07, 6.45) is 18.6. The predicted molar refractivity (Wildman–Crippen MR) is 148 cm³/mol. The summed E-state index contributed by atoms with van der Waals surface area (Å²) in [5.74, 6) is 1.83. The lowest BCUT2D eigenvalue weighted by atomic mass is 9.77. The molecule has 197 valence electrons. The third-order valence-corrected chi connectivity index (χ3v) is 9.11. The third-order valence-electron chi connectivity index (χ3n) is 9.11. The molecule has 0 unspecified atom stereocenters. The van der Waals surface area contributed by atoms with Crippen LogP contribution < -0.4 is 5.32 Å². The topological polar surface area (TPSA) is 64.9 Å². The summed E-state index contributed by atoms with van der Waals surface area (Å²) in [4.78, 5) is 19.9. The fourth-order valence-electron chi connectivity index (χ4n) is 6.96. The SMILES string of the molecule is C1=CN=C(CN(Cc2ccc(CN3CCC4(CCN(C5CCCCC5)CC4)C3)cc2)Cc2ncc[nH]2)[N]1.